The van der Waals surface area contributed by atoms with Gasteiger partial charge in [0.15, 0.2) is 16.3 Å². The van der Waals surface area contributed by atoms with Crippen molar-refractivity contribution in [3.63, 3.8) is 0 Å². The summed E-state index contributed by atoms with van der Waals surface area (Å²) in [5.74, 6) is 0.711. The standard InChI is InChI=1S/C20H14N4O3S/c25-17(10-9-15-3-2-12-26-15)23-20(28)22-14-7-5-13(6-8-14)19-24-18-16(27-19)4-1-11-21-18/h1-12H,(H2,22,23,25,28). The van der Waals surface area contributed by atoms with Crippen molar-refractivity contribution in [1.82, 2.24) is 15.3 Å². The van der Waals surface area contributed by atoms with E-state index in [2.05, 4.69) is 20.6 Å². The second-order valence-electron chi connectivity index (χ2n) is 5.71. The number of nitrogens with one attached hydrogen (secondary N) is 2. The molecular weight excluding hydrogens is 376 g/mol. The number of carbonyl (C=O) groups excluding carboxylic acids is 1. The fourth-order valence-electron chi connectivity index (χ4n) is 2.45. The minimum atomic E-state index is -0.357. The lowest BCUT2D eigenvalue weighted by Crippen LogP contribution is -2.32. The molecule has 3 aromatic heterocycles. The Bertz CT molecular complexity index is 1110. The van der Waals surface area contributed by atoms with E-state index in [4.69, 9.17) is 21.1 Å². The molecule has 1 amide bonds. The Morgan fingerprint density at radius 2 is 1.96 bits per heavy atom. The summed E-state index contributed by atoms with van der Waals surface area (Å²) in [6.07, 6.45) is 6.10. The van der Waals surface area contributed by atoms with Crippen molar-refractivity contribution >= 4 is 46.2 Å². The molecule has 4 rings (SSSR count). The van der Waals surface area contributed by atoms with Gasteiger partial charge >= 0.3 is 0 Å². The Kier molecular flexibility index (Phi) is 4.94. The maximum absolute atomic E-state index is 11.9. The molecule has 138 valence electrons. The molecule has 1 aromatic carbocycles. The fourth-order valence-corrected chi connectivity index (χ4v) is 2.67. The fraction of sp³-hybridized carbons (Fsp3) is 0. The van der Waals surface area contributed by atoms with Crippen LogP contribution < -0.4 is 10.6 Å². The zero-order valence-electron chi connectivity index (χ0n) is 14.5. The Morgan fingerprint density at radius 1 is 1.11 bits per heavy atom. The summed E-state index contributed by atoms with van der Waals surface area (Å²) in [4.78, 5) is 20.4. The van der Waals surface area contributed by atoms with Gasteiger partial charge in [-0.2, -0.15) is 4.98 Å². The van der Waals surface area contributed by atoms with Crippen LogP contribution in [0.25, 0.3) is 28.8 Å². The second kappa shape index (κ2) is 7.85. The zero-order chi connectivity index (χ0) is 19.3. The third-order valence-electron chi connectivity index (χ3n) is 3.73. The molecule has 3 heterocycles. The van der Waals surface area contributed by atoms with Crippen LogP contribution in [0.4, 0.5) is 5.69 Å². The van der Waals surface area contributed by atoms with Crippen LogP contribution in [-0.4, -0.2) is 21.0 Å². The van der Waals surface area contributed by atoms with Gasteiger partial charge in [0, 0.05) is 23.5 Å². The van der Waals surface area contributed by atoms with Gasteiger partial charge in [-0.3, -0.25) is 10.1 Å². The number of anilines is 1. The molecule has 0 atom stereocenters. The molecule has 0 saturated carbocycles. The molecule has 0 aliphatic heterocycles. The molecule has 0 fully saturated rings. The number of hydrogen-bond acceptors (Lipinski definition) is 6. The van der Waals surface area contributed by atoms with E-state index in [-0.39, 0.29) is 11.0 Å². The van der Waals surface area contributed by atoms with Crippen LogP contribution in [0.5, 0.6) is 0 Å². The maximum atomic E-state index is 11.9. The van der Waals surface area contributed by atoms with Crippen molar-refractivity contribution < 1.29 is 13.6 Å². The number of thiocarbonyl (C=S) groups is 1. The zero-order valence-corrected chi connectivity index (χ0v) is 15.3. The Hall–Kier alpha value is -3.78. The summed E-state index contributed by atoms with van der Waals surface area (Å²) < 4.78 is 10.8. The van der Waals surface area contributed by atoms with Gasteiger partial charge in [-0.15, -0.1) is 0 Å². The van der Waals surface area contributed by atoms with Gasteiger partial charge in [0.05, 0.1) is 6.26 Å². The molecule has 0 aliphatic carbocycles. The molecule has 0 spiro atoms. The largest absolute Gasteiger partial charge is 0.465 e. The number of oxazole rings is 1. The van der Waals surface area contributed by atoms with Gasteiger partial charge in [0.2, 0.25) is 11.8 Å². The van der Waals surface area contributed by atoms with Gasteiger partial charge in [-0.25, -0.2) is 4.98 Å². The molecule has 8 heteroatoms. The Morgan fingerprint density at radius 3 is 2.71 bits per heavy atom. The van der Waals surface area contributed by atoms with Gasteiger partial charge in [-0.1, -0.05) is 0 Å². The summed E-state index contributed by atoms with van der Waals surface area (Å²) in [7, 11) is 0. The monoisotopic (exact) mass is 390 g/mol. The van der Waals surface area contributed by atoms with Gasteiger partial charge in [0.25, 0.3) is 0 Å². The number of nitrogens with zero attached hydrogens (tertiary/aromatic N) is 2. The predicted molar refractivity (Wildman–Crippen MR) is 109 cm³/mol. The van der Waals surface area contributed by atoms with Crippen LogP contribution in [0.2, 0.25) is 0 Å². The molecule has 28 heavy (non-hydrogen) atoms. The first-order valence-electron chi connectivity index (χ1n) is 8.33. The van der Waals surface area contributed by atoms with Gasteiger partial charge < -0.3 is 14.2 Å². The summed E-state index contributed by atoms with van der Waals surface area (Å²) >= 11 is 5.16. The molecule has 0 aliphatic rings. The Balaban J connectivity index is 1.37. The van der Waals surface area contributed by atoms with Crippen molar-refractivity contribution in [2.24, 2.45) is 0 Å². The average Bonchev–Trinajstić information content (AvgIpc) is 3.36. The maximum Gasteiger partial charge on any atom is 0.250 e. The first-order valence-corrected chi connectivity index (χ1v) is 8.74. The highest BCUT2D eigenvalue weighted by molar-refractivity contribution is 7.80. The van der Waals surface area contributed by atoms with Crippen LogP contribution in [0.1, 0.15) is 5.76 Å². The number of aromatic nitrogens is 2. The molecule has 4 aromatic rings. The minimum Gasteiger partial charge on any atom is -0.465 e. The molecule has 0 bridgehead atoms. The van der Waals surface area contributed by atoms with Crippen molar-refractivity contribution in [1.29, 1.82) is 0 Å². The third kappa shape index (κ3) is 4.13. The number of carbonyl (C=O) groups is 1. The molecule has 0 radical (unpaired) electrons. The van der Waals surface area contributed by atoms with E-state index < -0.39 is 0 Å². The van der Waals surface area contributed by atoms with Crippen LogP contribution in [0, 0.1) is 0 Å². The molecule has 0 saturated heterocycles. The van der Waals surface area contributed by atoms with Crippen LogP contribution >= 0.6 is 12.2 Å². The number of benzene rings is 1. The second-order valence-corrected chi connectivity index (χ2v) is 6.12. The van der Waals surface area contributed by atoms with E-state index >= 15 is 0 Å². The lowest BCUT2D eigenvalue weighted by molar-refractivity contribution is -0.115. The van der Waals surface area contributed by atoms with Crippen molar-refractivity contribution in [2.75, 3.05) is 5.32 Å². The number of hydrogen-bond donors (Lipinski definition) is 2. The summed E-state index contributed by atoms with van der Waals surface area (Å²) in [5, 5.41) is 5.71. The highest BCUT2D eigenvalue weighted by atomic mass is 32.1. The van der Waals surface area contributed by atoms with Crippen molar-refractivity contribution in [2.45, 2.75) is 0 Å². The normalized spacial score (nSPS) is 11.0. The number of fused-ring (bicyclic) bond motifs is 1. The SMILES string of the molecule is O=C(C=Cc1ccco1)NC(=S)Nc1ccc(-c2nc3ncccc3o2)cc1. The summed E-state index contributed by atoms with van der Waals surface area (Å²) in [5.41, 5.74) is 2.72. The third-order valence-corrected chi connectivity index (χ3v) is 3.94. The predicted octanol–water partition coefficient (Wildman–Crippen LogP) is 4.01. The average molecular weight is 390 g/mol. The lowest BCUT2D eigenvalue weighted by Gasteiger charge is -2.08. The van der Waals surface area contributed by atoms with E-state index in [1.807, 2.05) is 30.3 Å². The number of rotatable bonds is 4. The van der Waals surface area contributed by atoms with Crippen LogP contribution in [0.3, 0.4) is 0 Å². The van der Waals surface area contributed by atoms with Crippen molar-refractivity contribution in [3.8, 4) is 11.5 Å². The minimum absolute atomic E-state index is 0.188. The highest BCUT2D eigenvalue weighted by Gasteiger charge is 2.09. The Labute approximate surface area is 165 Å². The smallest absolute Gasteiger partial charge is 0.250 e. The van der Waals surface area contributed by atoms with Crippen molar-refractivity contribution in [3.05, 3.63) is 72.8 Å². The van der Waals surface area contributed by atoms with E-state index in [0.717, 1.165) is 11.3 Å². The van der Waals surface area contributed by atoms with Crippen LogP contribution in [0.15, 0.2) is 75.9 Å². The quantitative estimate of drug-likeness (QED) is 0.402. The van der Waals surface area contributed by atoms with Gasteiger partial charge in [0.1, 0.15) is 5.76 Å². The molecular formula is C20H14N4O3S. The molecule has 7 nitrogen and oxygen atoms in total. The molecule has 2 N–H and O–H groups in total. The first-order chi connectivity index (χ1) is 13.7. The van der Waals surface area contributed by atoms with E-state index in [1.165, 1.54) is 12.3 Å². The number of pyridine rings is 1. The van der Waals surface area contributed by atoms with Gasteiger partial charge in [-0.05, 0) is 66.8 Å². The molecule has 0 unspecified atom stereocenters. The number of amides is 1. The van der Waals surface area contributed by atoms with E-state index in [0.29, 0.717) is 22.9 Å². The van der Waals surface area contributed by atoms with Crippen LogP contribution in [-0.2, 0) is 4.79 Å². The summed E-state index contributed by atoms with van der Waals surface area (Å²) in [6, 6.07) is 14.4. The lowest BCUT2D eigenvalue weighted by atomic mass is 10.2. The first kappa shape index (κ1) is 17.6. The van der Waals surface area contributed by atoms with E-state index in [9.17, 15) is 4.79 Å². The number of furan rings is 1. The topological polar surface area (TPSA) is 93.2 Å². The summed E-state index contributed by atoms with van der Waals surface area (Å²) in [6.45, 7) is 0. The van der Waals surface area contributed by atoms with E-state index in [1.54, 1.807) is 30.5 Å². The highest BCUT2D eigenvalue weighted by Crippen LogP contribution is 2.24.